The normalized spacial score (nSPS) is 11.4. The van der Waals surface area contributed by atoms with Gasteiger partial charge in [0, 0.05) is 13.0 Å². The predicted molar refractivity (Wildman–Crippen MR) is 96.9 cm³/mol. The maximum absolute atomic E-state index is 11.1. The third-order valence-corrected chi connectivity index (χ3v) is 4.29. The number of hydrogen-bond acceptors (Lipinski definition) is 1. The standard InChI is InChI=1S/C19H38N2O/c1-5-7-8-9-10-11-12-13-14-17-21(3,4)18-15-16-20-19(22)6-2/h6H,2,5,7-18H2,1,3-4H3/p+1. The maximum Gasteiger partial charge on any atom is 0.243 e. The number of quaternary nitrogens is 1. The van der Waals surface area contributed by atoms with Crippen LogP contribution in [-0.4, -0.2) is 44.1 Å². The Kier molecular flexibility index (Phi) is 13.3. The van der Waals surface area contributed by atoms with E-state index in [1.807, 2.05) is 0 Å². The quantitative estimate of drug-likeness (QED) is 0.273. The van der Waals surface area contributed by atoms with Gasteiger partial charge < -0.3 is 9.80 Å². The van der Waals surface area contributed by atoms with E-state index in [4.69, 9.17) is 0 Å². The number of carbonyl (C=O) groups excluding carboxylic acids is 1. The minimum absolute atomic E-state index is 0.0655. The van der Waals surface area contributed by atoms with Gasteiger partial charge in [0.25, 0.3) is 0 Å². The van der Waals surface area contributed by atoms with Gasteiger partial charge in [-0.15, -0.1) is 0 Å². The van der Waals surface area contributed by atoms with Crippen LogP contribution in [0.5, 0.6) is 0 Å². The van der Waals surface area contributed by atoms with Crippen molar-refractivity contribution in [3.8, 4) is 0 Å². The van der Waals surface area contributed by atoms with Crippen LogP contribution in [0.15, 0.2) is 12.7 Å². The summed E-state index contributed by atoms with van der Waals surface area (Å²) >= 11 is 0. The van der Waals surface area contributed by atoms with Gasteiger partial charge in [-0.2, -0.15) is 0 Å². The molecule has 0 saturated heterocycles. The van der Waals surface area contributed by atoms with Gasteiger partial charge in [0.2, 0.25) is 5.91 Å². The number of carbonyl (C=O) groups is 1. The molecule has 3 nitrogen and oxygen atoms in total. The second-order valence-electron chi connectivity index (χ2n) is 7.06. The van der Waals surface area contributed by atoms with E-state index in [0.29, 0.717) is 0 Å². The van der Waals surface area contributed by atoms with E-state index in [-0.39, 0.29) is 5.91 Å². The fourth-order valence-electron chi connectivity index (χ4n) is 2.75. The molecule has 0 aromatic carbocycles. The van der Waals surface area contributed by atoms with Crippen LogP contribution in [-0.2, 0) is 4.79 Å². The lowest BCUT2D eigenvalue weighted by molar-refractivity contribution is -0.890. The third-order valence-electron chi connectivity index (χ3n) is 4.29. The van der Waals surface area contributed by atoms with E-state index in [0.717, 1.165) is 24.0 Å². The number of nitrogens with one attached hydrogen (secondary N) is 1. The molecule has 0 spiro atoms. The lowest BCUT2D eigenvalue weighted by Crippen LogP contribution is -2.42. The first kappa shape index (κ1) is 21.2. The molecule has 1 N–H and O–H groups in total. The average molecular weight is 312 g/mol. The van der Waals surface area contributed by atoms with Gasteiger partial charge in [-0.25, -0.2) is 0 Å². The number of rotatable bonds is 15. The van der Waals surface area contributed by atoms with E-state index in [9.17, 15) is 4.79 Å². The summed E-state index contributed by atoms with van der Waals surface area (Å²) in [7, 11) is 4.58. The summed E-state index contributed by atoms with van der Waals surface area (Å²) in [5.41, 5.74) is 0. The van der Waals surface area contributed by atoms with Crippen molar-refractivity contribution >= 4 is 5.91 Å². The van der Waals surface area contributed by atoms with E-state index >= 15 is 0 Å². The van der Waals surface area contributed by atoms with Crippen molar-refractivity contribution < 1.29 is 9.28 Å². The summed E-state index contributed by atoms with van der Waals surface area (Å²) < 4.78 is 1.06. The SMILES string of the molecule is C=CC(=O)NCCC[N+](C)(C)CCCCCCCCCCC. The van der Waals surface area contributed by atoms with Crippen molar-refractivity contribution in [2.75, 3.05) is 33.7 Å². The predicted octanol–water partition coefficient (Wildman–Crippen LogP) is 4.29. The van der Waals surface area contributed by atoms with Crippen LogP contribution in [0.25, 0.3) is 0 Å². The average Bonchev–Trinajstić information content (AvgIpc) is 2.49. The Morgan fingerprint density at radius 2 is 1.41 bits per heavy atom. The second kappa shape index (κ2) is 13.8. The molecular weight excluding hydrogens is 272 g/mol. The number of amides is 1. The molecule has 0 unspecified atom stereocenters. The summed E-state index contributed by atoms with van der Waals surface area (Å²) in [6, 6.07) is 0. The molecule has 0 heterocycles. The van der Waals surface area contributed by atoms with Gasteiger partial charge in [0.1, 0.15) is 0 Å². The summed E-state index contributed by atoms with van der Waals surface area (Å²) in [5.74, 6) is -0.0655. The fourth-order valence-corrected chi connectivity index (χ4v) is 2.75. The Hall–Kier alpha value is -0.830. The molecule has 0 radical (unpaired) electrons. The zero-order valence-electron chi connectivity index (χ0n) is 15.3. The second-order valence-corrected chi connectivity index (χ2v) is 7.06. The van der Waals surface area contributed by atoms with Crippen LogP contribution < -0.4 is 5.32 Å². The number of unbranched alkanes of at least 4 members (excludes halogenated alkanes) is 8. The Morgan fingerprint density at radius 1 is 0.909 bits per heavy atom. The van der Waals surface area contributed by atoms with Crippen LogP contribution >= 0.6 is 0 Å². The molecule has 0 aliphatic carbocycles. The van der Waals surface area contributed by atoms with Crippen molar-refractivity contribution in [3.05, 3.63) is 12.7 Å². The number of hydrogen-bond donors (Lipinski definition) is 1. The Balaban J connectivity index is 3.43. The summed E-state index contributed by atoms with van der Waals surface area (Å²) in [5, 5.41) is 2.84. The first-order valence-electron chi connectivity index (χ1n) is 9.24. The zero-order chi connectivity index (χ0) is 16.7. The Morgan fingerprint density at radius 3 is 1.95 bits per heavy atom. The Labute approximate surface area is 138 Å². The fraction of sp³-hybridized carbons (Fsp3) is 0.842. The van der Waals surface area contributed by atoms with Gasteiger partial charge in [-0.3, -0.25) is 4.79 Å². The minimum atomic E-state index is -0.0655. The first-order chi connectivity index (χ1) is 10.5. The van der Waals surface area contributed by atoms with E-state index in [1.54, 1.807) is 0 Å². The van der Waals surface area contributed by atoms with E-state index in [2.05, 4.69) is 32.9 Å². The van der Waals surface area contributed by atoms with Crippen molar-refractivity contribution in [3.63, 3.8) is 0 Å². The smallest absolute Gasteiger partial charge is 0.243 e. The van der Waals surface area contributed by atoms with Crippen molar-refractivity contribution in [1.82, 2.24) is 5.32 Å². The zero-order valence-corrected chi connectivity index (χ0v) is 15.3. The molecule has 1 amide bonds. The van der Waals surface area contributed by atoms with Crippen LogP contribution in [0.4, 0.5) is 0 Å². The van der Waals surface area contributed by atoms with Crippen LogP contribution in [0.3, 0.4) is 0 Å². The Bertz CT molecular complexity index is 287. The topological polar surface area (TPSA) is 29.1 Å². The lowest BCUT2D eigenvalue weighted by atomic mass is 10.1. The highest BCUT2D eigenvalue weighted by molar-refractivity contribution is 5.86. The molecule has 130 valence electrons. The highest BCUT2D eigenvalue weighted by atomic mass is 16.1. The molecule has 22 heavy (non-hydrogen) atoms. The molecule has 0 aliphatic heterocycles. The van der Waals surface area contributed by atoms with Crippen molar-refractivity contribution in [1.29, 1.82) is 0 Å². The van der Waals surface area contributed by atoms with Crippen LogP contribution in [0.2, 0.25) is 0 Å². The van der Waals surface area contributed by atoms with Crippen LogP contribution in [0, 0.1) is 0 Å². The molecule has 0 bridgehead atoms. The van der Waals surface area contributed by atoms with Crippen molar-refractivity contribution in [2.45, 2.75) is 71.1 Å². The van der Waals surface area contributed by atoms with E-state index in [1.165, 1.54) is 70.4 Å². The molecule has 0 rings (SSSR count). The van der Waals surface area contributed by atoms with Crippen molar-refractivity contribution in [2.24, 2.45) is 0 Å². The van der Waals surface area contributed by atoms with E-state index < -0.39 is 0 Å². The number of nitrogens with zero attached hydrogens (tertiary/aromatic N) is 1. The van der Waals surface area contributed by atoms with Gasteiger partial charge >= 0.3 is 0 Å². The highest BCUT2D eigenvalue weighted by Gasteiger charge is 2.13. The first-order valence-corrected chi connectivity index (χ1v) is 9.24. The minimum Gasteiger partial charge on any atom is -0.352 e. The highest BCUT2D eigenvalue weighted by Crippen LogP contribution is 2.11. The molecule has 0 aromatic rings. The summed E-state index contributed by atoms with van der Waals surface area (Å²) in [6.45, 7) is 8.84. The molecule has 0 aromatic heterocycles. The summed E-state index contributed by atoms with van der Waals surface area (Å²) in [4.78, 5) is 11.1. The summed E-state index contributed by atoms with van der Waals surface area (Å²) in [6.07, 6.45) is 14.8. The molecule has 0 saturated carbocycles. The van der Waals surface area contributed by atoms with Gasteiger partial charge in [-0.1, -0.05) is 58.4 Å². The third kappa shape index (κ3) is 14.1. The van der Waals surface area contributed by atoms with Gasteiger partial charge in [-0.05, 0) is 18.9 Å². The molecule has 0 aliphatic rings. The lowest BCUT2D eigenvalue weighted by Gasteiger charge is -2.30. The monoisotopic (exact) mass is 311 g/mol. The molecule has 0 fully saturated rings. The molecule has 0 atom stereocenters. The largest absolute Gasteiger partial charge is 0.352 e. The van der Waals surface area contributed by atoms with Crippen LogP contribution in [0.1, 0.15) is 71.1 Å². The molecular formula is C19H39N2O+. The van der Waals surface area contributed by atoms with Gasteiger partial charge in [0.15, 0.2) is 0 Å². The van der Waals surface area contributed by atoms with Gasteiger partial charge in [0.05, 0.1) is 27.2 Å². The molecule has 3 heteroatoms. The maximum atomic E-state index is 11.1.